The van der Waals surface area contributed by atoms with E-state index in [1.807, 2.05) is 60.7 Å². The maximum Gasteiger partial charge on any atom is 0.416 e. The van der Waals surface area contributed by atoms with Crippen LogP contribution in [-0.2, 0) is 26.3 Å². The summed E-state index contributed by atoms with van der Waals surface area (Å²) >= 11 is 1.56. The zero-order valence-corrected chi connectivity index (χ0v) is 21.0. The maximum absolute atomic E-state index is 13.2. The molecule has 2 aromatic heterocycles. The minimum absolute atomic E-state index is 0. The number of alkyl halides is 3. The molecule has 0 bridgehead atoms. The van der Waals surface area contributed by atoms with Gasteiger partial charge in [-0.2, -0.15) is 18.3 Å². The third-order valence-electron chi connectivity index (χ3n) is 5.55. The van der Waals surface area contributed by atoms with Crippen molar-refractivity contribution in [3.63, 3.8) is 0 Å². The quantitative estimate of drug-likeness (QED) is 0.141. The monoisotopic (exact) mass is 664 g/mol. The van der Waals surface area contributed by atoms with Gasteiger partial charge >= 0.3 is 6.18 Å². The van der Waals surface area contributed by atoms with Crippen molar-refractivity contribution in [2.24, 2.45) is 0 Å². The summed E-state index contributed by atoms with van der Waals surface area (Å²) in [4.78, 5) is 0.833. The van der Waals surface area contributed by atoms with E-state index in [1.165, 1.54) is 12.1 Å². The molecule has 35 heavy (non-hydrogen) atoms. The van der Waals surface area contributed by atoms with Crippen molar-refractivity contribution in [1.29, 1.82) is 0 Å². The number of hydrogen-bond donors (Lipinski definition) is 0. The van der Waals surface area contributed by atoms with Crippen LogP contribution in [0, 0.1) is 6.07 Å². The summed E-state index contributed by atoms with van der Waals surface area (Å²) in [5.74, 6) is 0.185. The molecule has 4 aromatic carbocycles. The molecule has 0 aliphatic rings. The van der Waals surface area contributed by atoms with E-state index in [2.05, 4.69) is 16.3 Å². The van der Waals surface area contributed by atoms with Crippen molar-refractivity contribution >= 4 is 43.0 Å². The van der Waals surface area contributed by atoms with E-state index >= 15 is 0 Å². The van der Waals surface area contributed by atoms with Gasteiger partial charge in [0.25, 0.3) is 0 Å². The van der Waals surface area contributed by atoms with Crippen LogP contribution in [-0.4, -0.2) is 10.2 Å². The first kappa shape index (κ1) is 23.4. The number of hydrogen-bond acceptors (Lipinski definition) is 4. The van der Waals surface area contributed by atoms with Gasteiger partial charge in [0.2, 0.25) is 5.88 Å². The number of fused-ring (bicyclic) bond motifs is 3. The molecule has 175 valence electrons. The molecular formula is C27H14F3IrN2OS-. The molecule has 0 amide bonds. The number of rotatable bonds is 3. The van der Waals surface area contributed by atoms with Crippen LogP contribution in [0.3, 0.4) is 0 Å². The van der Waals surface area contributed by atoms with Gasteiger partial charge in [0.1, 0.15) is 5.75 Å². The fourth-order valence-corrected chi connectivity index (χ4v) is 4.94. The smallest absolute Gasteiger partial charge is 0.416 e. The van der Waals surface area contributed by atoms with Gasteiger partial charge < -0.3 is 4.74 Å². The third kappa shape index (κ3) is 4.41. The van der Waals surface area contributed by atoms with Crippen LogP contribution in [0.25, 0.3) is 42.2 Å². The second-order valence-corrected chi connectivity index (χ2v) is 8.83. The van der Waals surface area contributed by atoms with E-state index in [0.29, 0.717) is 11.1 Å². The summed E-state index contributed by atoms with van der Waals surface area (Å²) in [6.07, 6.45) is -4.47. The van der Waals surface area contributed by atoms with Crippen molar-refractivity contribution in [3.05, 3.63) is 96.6 Å². The standard InChI is InChI=1S/C27H14F3N2OS.Ir/c28-27(29,30)19-9-5-10-20(15-19)33-26-22-13-17-7-2-1-6-16(17)12-21(22)25(31-32-26)24-14-18-8-3-4-11-23(18)34-24;/h1-13,15H;/q-1;. The summed E-state index contributed by atoms with van der Waals surface area (Å²) < 4.78 is 46.5. The number of aromatic nitrogens is 2. The predicted octanol–water partition coefficient (Wildman–Crippen LogP) is 8.27. The van der Waals surface area contributed by atoms with Crippen molar-refractivity contribution in [3.8, 4) is 22.2 Å². The van der Waals surface area contributed by atoms with E-state index in [-0.39, 0.29) is 31.7 Å². The summed E-state index contributed by atoms with van der Waals surface area (Å²) in [6, 6.07) is 27.9. The van der Waals surface area contributed by atoms with Gasteiger partial charge in [-0.25, -0.2) is 11.3 Å². The SMILES string of the molecule is FC(F)(F)c1cccc(Oc2nnc(-c3[c-]c4ccccc4s3)c3cc4ccccc4cc23)c1.[Ir]. The number of thiophene rings is 1. The molecule has 6 rings (SSSR count). The first-order valence-corrected chi connectivity index (χ1v) is 11.2. The summed E-state index contributed by atoms with van der Waals surface area (Å²) in [6.45, 7) is 0. The Morgan fingerprint density at radius 1 is 0.771 bits per heavy atom. The Hall–Kier alpha value is -3.32. The van der Waals surface area contributed by atoms with E-state index in [9.17, 15) is 13.2 Å². The molecule has 1 radical (unpaired) electrons. The fourth-order valence-electron chi connectivity index (χ4n) is 3.93. The Kier molecular flexibility index (Phi) is 6.05. The van der Waals surface area contributed by atoms with Crippen molar-refractivity contribution in [2.45, 2.75) is 6.18 Å². The van der Waals surface area contributed by atoms with Crippen molar-refractivity contribution in [1.82, 2.24) is 10.2 Å². The van der Waals surface area contributed by atoms with Gasteiger partial charge in [-0.1, -0.05) is 48.5 Å². The minimum atomic E-state index is -4.47. The molecule has 0 atom stereocenters. The van der Waals surface area contributed by atoms with Gasteiger partial charge in [-0.3, -0.25) is 0 Å². The first-order chi connectivity index (χ1) is 16.5. The summed E-state index contributed by atoms with van der Waals surface area (Å²) in [5, 5.41) is 13.1. The minimum Gasteiger partial charge on any atom is -0.437 e. The van der Waals surface area contributed by atoms with Gasteiger partial charge in [-0.15, -0.1) is 28.7 Å². The number of ether oxygens (including phenoxy) is 1. The second kappa shape index (κ2) is 9.04. The average Bonchev–Trinajstić information content (AvgIpc) is 3.27. The van der Waals surface area contributed by atoms with Crippen LogP contribution in [0.1, 0.15) is 5.56 Å². The zero-order valence-electron chi connectivity index (χ0n) is 17.8. The van der Waals surface area contributed by atoms with E-state index in [1.54, 1.807) is 11.3 Å². The number of benzene rings is 4. The van der Waals surface area contributed by atoms with Gasteiger partial charge in [0, 0.05) is 31.2 Å². The van der Waals surface area contributed by atoms with E-state index < -0.39 is 11.7 Å². The van der Waals surface area contributed by atoms with Crippen LogP contribution in [0.4, 0.5) is 13.2 Å². The maximum atomic E-state index is 13.2. The molecule has 2 heterocycles. The van der Waals surface area contributed by atoms with Crippen molar-refractivity contribution < 1.29 is 38.0 Å². The molecule has 0 unspecified atom stereocenters. The molecule has 0 saturated carbocycles. The molecule has 6 aromatic rings. The van der Waals surface area contributed by atoms with Crippen LogP contribution in [0.15, 0.2) is 84.9 Å². The zero-order chi connectivity index (χ0) is 23.3. The summed E-state index contributed by atoms with van der Waals surface area (Å²) in [7, 11) is 0. The van der Waals surface area contributed by atoms with Crippen LogP contribution < -0.4 is 4.74 Å². The number of nitrogens with zero attached hydrogens (tertiary/aromatic N) is 2. The normalized spacial score (nSPS) is 11.6. The van der Waals surface area contributed by atoms with Gasteiger partial charge in [-0.05, 0) is 50.0 Å². The van der Waals surface area contributed by atoms with Crippen LogP contribution in [0.2, 0.25) is 0 Å². The van der Waals surface area contributed by atoms with Crippen LogP contribution in [0.5, 0.6) is 11.6 Å². The molecule has 0 saturated heterocycles. The molecule has 0 N–H and O–H groups in total. The fraction of sp³-hybridized carbons (Fsp3) is 0.0370. The Morgan fingerprint density at radius 3 is 2.23 bits per heavy atom. The molecule has 0 aliphatic heterocycles. The molecule has 0 fully saturated rings. The Labute approximate surface area is 215 Å². The van der Waals surface area contributed by atoms with Gasteiger partial charge in [0.15, 0.2) is 0 Å². The Bertz CT molecular complexity index is 1660. The first-order valence-electron chi connectivity index (χ1n) is 10.4. The Morgan fingerprint density at radius 2 is 1.49 bits per heavy atom. The molecule has 0 aliphatic carbocycles. The van der Waals surface area contributed by atoms with Gasteiger partial charge in [0.05, 0.1) is 5.56 Å². The molecule has 0 spiro atoms. The largest absolute Gasteiger partial charge is 0.437 e. The predicted molar refractivity (Wildman–Crippen MR) is 128 cm³/mol. The third-order valence-corrected chi connectivity index (χ3v) is 6.63. The summed E-state index contributed by atoms with van der Waals surface area (Å²) in [5.41, 5.74) is -0.137. The van der Waals surface area contributed by atoms with E-state index in [4.69, 9.17) is 4.74 Å². The molecular weight excluding hydrogens is 650 g/mol. The molecule has 8 heteroatoms. The molecule has 3 nitrogen and oxygen atoms in total. The topological polar surface area (TPSA) is 35.0 Å². The van der Waals surface area contributed by atoms with Crippen LogP contribution >= 0.6 is 11.3 Å². The number of halogens is 3. The van der Waals surface area contributed by atoms with Crippen molar-refractivity contribution in [2.75, 3.05) is 0 Å². The average molecular weight is 664 g/mol. The Balaban J connectivity index is 0.00000253. The van der Waals surface area contributed by atoms with E-state index in [0.717, 1.165) is 43.3 Å². The second-order valence-electron chi connectivity index (χ2n) is 7.78.